The molecular weight excluding hydrogens is 361 g/mol. The predicted octanol–water partition coefficient (Wildman–Crippen LogP) is 1.58. The van der Waals surface area contributed by atoms with Crippen molar-refractivity contribution in [1.82, 2.24) is 0 Å². The van der Waals surface area contributed by atoms with Crippen LogP contribution < -0.4 is 20.5 Å². The first kappa shape index (κ1) is 19.2. The van der Waals surface area contributed by atoms with Crippen molar-refractivity contribution in [1.29, 1.82) is 5.26 Å². The van der Waals surface area contributed by atoms with Crippen molar-refractivity contribution in [2.45, 2.75) is 0 Å². The fraction of sp³-hybridized carbons (Fsp3) is 0.118. The third-order valence-corrected chi connectivity index (χ3v) is 3.75. The molecule has 0 amide bonds. The Balaban J connectivity index is 0.00000243. The maximum atomic E-state index is 14.2. The van der Waals surface area contributed by atoms with Crippen LogP contribution in [-0.2, 0) is 0 Å². The van der Waals surface area contributed by atoms with Crippen LogP contribution in [0.3, 0.4) is 0 Å². The summed E-state index contributed by atoms with van der Waals surface area (Å²) in [4.78, 5) is 0. The van der Waals surface area contributed by atoms with E-state index in [2.05, 4.69) is 5.32 Å². The molecule has 0 aliphatic carbocycles. The van der Waals surface area contributed by atoms with Crippen molar-refractivity contribution in [3.8, 4) is 17.3 Å². The van der Waals surface area contributed by atoms with Gasteiger partial charge in [-0.2, -0.15) is 9.99 Å². The van der Waals surface area contributed by atoms with E-state index in [1.54, 1.807) is 36.4 Å². The fourth-order valence-corrected chi connectivity index (χ4v) is 2.60. The summed E-state index contributed by atoms with van der Waals surface area (Å²) < 4.78 is 14.9. The zero-order valence-electron chi connectivity index (χ0n) is 13.5. The maximum absolute atomic E-state index is 14.2. The standard InChI is InChI=1S/C17H14FN5O2.ClH/c18-12-8-14-15(9-13(12)21-7-6-19)23(25)17(16(10-20)22(14)24)11-4-2-1-3-5-11;/h1-5,8-9,21H,6-7,19H2;1H. The highest BCUT2D eigenvalue weighted by atomic mass is 35.5. The monoisotopic (exact) mass is 375 g/mol. The number of halogens is 2. The second-order valence-electron chi connectivity index (χ2n) is 5.30. The van der Waals surface area contributed by atoms with Gasteiger partial charge in [0.15, 0.2) is 11.9 Å². The Morgan fingerprint density at radius 1 is 1.12 bits per heavy atom. The number of nitrogens with two attached hydrogens (primary N) is 1. The lowest BCUT2D eigenvalue weighted by Crippen LogP contribution is -2.43. The van der Waals surface area contributed by atoms with Gasteiger partial charge in [0.1, 0.15) is 0 Å². The van der Waals surface area contributed by atoms with Gasteiger partial charge in [-0.15, -0.1) is 17.1 Å². The molecule has 134 valence electrons. The summed E-state index contributed by atoms with van der Waals surface area (Å²) in [5, 5.41) is 37.5. The molecule has 0 aliphatic rings. The topological polar surface area (TPSA) is 116 Å². The zero-order valence-corrected chi connectivity index (χ0v) is 14.3. The summed E-state index contributed by atoms with van der Waals surface area (Å²) in [6.45, 7) is 0.583. The number of aromatic nitrogens is 2. The Bertz CT molecular complexity index is 992. The molecule has 0 bridgehead atoms. The van der Waals surface area contributed by atoms with E-state index in [0.717, 1.165) is 6.07 Å². The highest BCUT2D eigenvalue weighted by Gasteiger charge is 2.30. The van der Waals surface area contributed by atoms with Gasteiger partial charge >= 0.3 is 11.4 Å². The molecule has 0 fully saturated rings. The Kier molecular flexibility index (Phi) is 5.77. The third-order valence-electron chi connectivity index (χ3n) is 3.75. The van der Waals surface area contributed by atoms with Crippen LogP contribution in [-0.4, -0.2) is 13.1 Å². The molecule has 26 heavy (non-hydrogen) atoms. The molecule has 0 atom stereocenters. The van der Waals surface area contributed by atoms with E-state index in [0.29, 0.717) is 16.8 Å². The van der Waals surface area contributed by atoms with Gasteiger partial charge in [-0.1, -0.05) is 18.2 Å². The lowest BCUT2D eigenvalue weighted by atomic mass is 10.1. The van der Waals surface area contributed by atoms with E-state index >= 15 is 0 Å². The second kappa shape index (κ2) is 7.82. The summed E-state index contributed by atoms with van der Waals surface area (Å²) in [6.07, 6.45) is 0. The summed E-state index contributed by atoms with van der Waals surface area (Å²) in [5.41, 5.74) is 5.13. The molecule has 3 rings (SSSR count). The van der Waals surface area contributed by atoms with E-state index in [1.807, 2.05) is 0 Å². The van der Waals surface area contributed by atoms with E-state index in [1.165, 1.54) is 6.07 Å². The van der Waals surface area contributed by atoms with Crippen molar-refractivity contribution >= 4 is 29.1 Å². The highest BCUT2D eigenvalue weighted by Crippen LogP contribution is 2.23. The number of nitrogens with one attached hydrogen (secondary N) is 1. The molecule has 3 N–H and O–H groups in total. The number of rotatable bonds is 4. The van der Waals surface area contributed by atoms with Crippen LogP contribution in [0.15, 0.2) is 42.5 Å². The average Bonchev–Trinajstić information content (AvgIpc) is 2.63. The van der Waals surface area contributed by atoms with Gasteiger partial charge in [0.2, 0.25) is 0 Å². The first-order valence-corrected chi connectivity index (χ1v) is 7.50. The van der Waals surface area contributed by atoms with E-state index in [9.17, 15) is 20.1 Å². The van der Waals surface area contributed by atoms with E-state index < -0.39 is 11.5 Å². The molecule has 2 aromatic carbocycles. The number of nitriles is 1. The first-order chi connectivity index (χ1) is 12.1. The largest absolute Gasteiger partial charge is 0.617 e. The lowest BCUT2D eigenvalue weighted by molar-refractivity contribution is -0.622. The fourth-order valence-electron chi connectivity index (χ4n) is 2.60. The number of anilines is 1. The molecule has 1 aromatic heterocycles. The van der Waals surface area contributed by atoms with E-state index in [-0.39, 0.29) is 46.1 Å². The zero-order chi connectivity index (χ0) is 18.0. The SMILES string of the molecule is Cl.N#Cc1c(-c2ccccc2)[n+]([O-])c2cc(NCCN)c(F)cc2[n+]1[O-]. The predicted molar refractivity (Wildman–Crippen MR) is 96.8 cm³/mol. The van der Waals surface area contributed by atoms with Crippen molar-refractivity contribution in [3.05, 3.63) is 64.4 Å². The third kappa shape index (κ3) is 3.18. The van der Waals surface area contributed by atoms with Crippen molar-refractivity contribution in [2.75, 3.05) is 18.4 Å². The molecule has 3 aromatic rings. The summed E-state index contributed by atoms with van der Waals surface area (Å²) >= 11 is 0. The molecule has 9 heteroatoms. The molecule has 7 nitrogen and oxygen atoms in total. The van der Waals surface area contributed by atoms with Crippen molar-refractivity contribution in [2.24, 2.45) is 5.73 Å². The van der Waals surface area contributed by atoms with Gasteiger partial charge < -0.3 is 21.5 Å². The quantitative estimate of drug-likeness (QED) is 0.530. The number of nitrogens with zero attached hydrogens (tertiary/aromatic N) is 3. The smallest absolute Gasteiger partial charge is 0.369 e. The number of fused-ring (bicyclic) bond motifs is 1. The Hall–Kier alpha value is -3.15. The molecule has 0 unspecified atom stereocenters. The minimum absolute atomic E-state index is 0. The van der Waals surface area contributed by atoms with Gasteiger partial charge in [-0.25, -0.2) is 4.39 Å². The Labute approximate surface area is 154 Å². The van der Waals surface area contributed by atoms with Crippen LogP contribution in [0.5, 0.6) is 0 Å². The number of benzene rings is 2. The summed E-state index contributed by atoms with van der Waals surface area (Å²) in [6, 6.07) is 12.3. The summed E-state index contributed by atoms with van der Waals surface area (Å²) in [7, 11) is 0. The lowest BCUT2D eigenvalue weighted by Gasteiger charge is -2.12. The molecule has 0 spiro atoms. The molecular formula is C17H15ClFN5O2. The first-order valence-electron chi connectivity index (χ1n) is 7.50. The summed E-state index contributed by atoms with van der Waals surface area (Å²) in [5.74, 6) is -0.707. The number of hydrogen-bond acceptors (Lipinski definition) is 5. The number of hydrogen-bond donors (Lipinski definition) is 2. The maximum Gasteiger partial charge on any atom is 0.369 e. The van der Waals surface area contributed by atoms with Crippen LogP contribution in [0.25, 0.3) is 22.3 Å². The van der Waals surface area contributed by atoms with Crippen LogP contribution >= 0.6 is 12.4 Å². The van der Waals surface area contributed by atoms with Gasteiger partial charge in [0.05, 0.1) is 17.3 Å². The average molecular weight is 376 g/mol. The second-order valence-corrected chi connectivity index (χ2v) is 5.30. The van der Waals surface area contributed by atoms with E-state index in [4.69, 9.17) is 5.73 Å². The van der Waals surface area contributed by atoms with Crippen LogP contribution in [0.4, 0.5) is 10.1 Å². The van der Waals surface area contributed by atoms with Gasteiger partial charge in [-0.05, 0) is 12.1 Å². The molecule has 0 aliphatic heterocycles. The Morgan fingerprint density at radius 3 is 2.38 bits per heavy atom. The minimum atomic E-state index is -0.707. The highest BCUT2D eigenvalue weighted by molar-refractivity contribution is 5.85. The van der Waals surface area contributed by atoms with Crippen molar-refractivity contribution in [3.63, 3.8) is 0 Å². The molecule has 0 saturated carbocycles. The van der Waals surface area contributed by atoms with Crippen LogP contribution in [0.2, 0.25) is 0 Å². The van der Waals surface area contributed by atoms with Crippen LogP contribution in [0, 0.1) is 27.6 Å². The van der Waals surface area contributed by atoms with Crippen molar-refractivity contribution < 1.29 is 13.9 Å². The van der Waals surface area contributed by atoms with Crippen LogP contribution in [0.1, 0.15) is 5.69 Å². The van der Waals surface area contributed by atoms with Gasteiger partial charge in [-0.3, -0.25) is 0 Å². The van der Waals surface area contributed by atoms with Gasteiger partial charge in [0, 0.05) is 19.2 Å². The molecule has 0 saturated heterocycles. The minimum Gasteiger partial charge on any atom is -0.617 e. The molecule has 0 radical (unpaired) electrons. The van der Waals surface area contributed by atoms with Gasteiger partial charge in [0.25, 0.3) is 11.0 Å². The normalized spacial score (nSPS) is 10.2. The molecule has 1 heterocycles. The Morgan fingerprint density at radius 2 is 1.77 bits per heavy atom.